The summed E-state index contributed by atoms with van der Waals surface area (Å²) >= 11 is 0. The molecule has 1 amide bonds. The first kappa shape index (κ1) is 12.1. The number of benzene rings is 1. The van der Waals surface area contributed by atoms with Gasteiger partial charge in [-0.3, -0.25) is 4.79 Å². The first-order valence-corrected chi connectivity index (χ1v) is 6.84. The van der Waals surface area contributed by atoms with E-state index < -0.39 is 0 Å². The molecule has 2 heterocycles. The Bertz CT molecular complexity index is 907. The van der Waals surface area contributed by atoms with Gasteiger partial charge in [0.2, 0.25) is 5.91 Å². The molecule has 2 aromatic heterocycles. The van der Waals surface area contributed by atoms with E-state index in [9.17, 15) is 9.59 Å². The van der Waals surface area contributed by atoms with Crippen LogP contribution in [-0.4, -0.2) is 31.1 Å². The fourth-order valence-electron chi connectivity index (χ4n) is 2.34. The van der Waals surface area contributed by atoms with Crippen molar-refractivity contribution in [1.29, 1.82) is 0 Å². The summed E-state index contributed by atoms with van der Waals surface area (Å²) in [6, 6.07) is 7.74. The van der Waals surface area contributed by atoms with Gasteiger partial charge in [0.05, 0.1) is 5.52 Å². The standard InChI is InChI=1S/C14H13N5O2/c20-12(16-9-5-6-9)7-19-14(21)18-8-15-11-4-2-1-3-10(11)13(18)17-19/h1-4,8-9H,5-7H2,(H,16,20). The number of para-hydroxylation sites is 1. The van der Waals surface area contributed by atoms with Gasteiger partial charge in [0, 0.05) is 11.4 Å². The summed E-state index contributed by atoms with van der Waals surface area (Å²) in [6.45, 7) is -0.0641. The Morgan fingerprint density at radius 3 is 2.95 bits per heavy atom. The van der Waals surface area contributed by atoms with Crippen LogP contribution in [0.15, 0.2) is 35.4 Å². The van der Waals surface area contributed by atoms with Gasteiger partial charge in [-0.1, -0.05) is 12.1 Å². The van der Waals surface area contributed by atoms with E-state index >= 15 is 0 Å². The van der Waals surface area contributed by atoms with Crippen molar-refractivity contribution in [2.24, 2.45) is 0 Å². The summed E-state index contributed by atoms with van der Waals surface area (Å²) < 4.78 is 2.55. The highest BCUT2D eigenvalue weighted by Crippen LogP contribution is 2.18. The molecule has 1 N–H and O–H groups in total. The van der Waals surface area contributed by atoms with Crippen molar-refractivity contribution in [2.75, 3.05) is 0 Å². The fraction of sp³-hybridized carbons (Fsp3) is 0.286. The highest BCUT2D eigenvalue weighted by Gasteiger charge is 2.24. The third-order valence-corrected chi connectivity index (χ3v) is 3.56. The lowest BCUT2D eigenvalue weighted by Crippen LogP contribution is -2.33. The van der Waals surface area contributed by atoms with Crippen molar-refractivity contribution in [3.63, 3.8) is 0 Å². The third kappa shape index (κ3) is 2.06. The van der Waals surface area contributed by atoms with E-state index in [1.54, 1.807) is 0 Å². The number of hydrogen-bond donors (Lipinski definition) is 1. The maximum Gasteiger partial charge on any atom is 0.352 e. The van der Waals surface area contributed by atoms with Gasteiger partial charge in [-0.25, -0.2) is 18.9 Å². The van der Waals surface area contributed by atoms with Gasteiger partial charge >= 0.3 is 5.69 Å². The molecule has 21 heavy (non-hydrogen) atoms. The van der Waals surface area contributed by atoms with E-state index in [2.05, 4.69) is 15.4 Å². The number of carbonyl (C=O) groups is 1. The average Bonchev–Trinajstić information content (AvgIpc) is 3.24. The third-order valence-electron chi connectivity index (χ3n) is 3.56. The van der Waals surface area contributed by atoms with E-state index in [0.29, 0.717) is 5.65 Å². The minimum atomic E-state index is -0.353. The number of carbonyl (C=O) groups excluding carboxylic acids is 1. The maximum absolute atomic E-state index is 12.3. The quantitative estimate of drug-likeness (QED) is 0.750. The van der Waals surface area contributed by atoms with Gasteiger partial charge in [0.15, 0.2) is 5.65 Å². The van der Waals surface area contributed by atoms with Crippen molar-refractivity contribution in [2.45, 2.75) is 25.4 Å². The monoisotopic (exact) mass is 283 g/mol. The van der Waals surface area contributed by atoms with Crippen molar-refractivity contribution < 1.29 is 4.79 Å². The highest BCUT2D eigenvalue weighted by atomic mass is 16.2. The first-order chi connectivity index (χ1) is 10.2. The molecule has 7 heteroatoms. The fourth-order valence-corrected chi connectivity index (χ4v) is 2.34. The topological polar surface area (TPSA) is 81.3 Å². The molecule has 1 aromatic carbocycles. The van der Waals surface area contributed by atoms with E-state index in [-0.39, 0.29) is 24.2 Å². The lowest BCUT2D eigenvalue weighted by molar-refractivity contribution is -0.122. The minimum absolute atomic E-state index is 0.0641. The number of hydrogen-bond acceptors (Lipinski definition) is 4. The Balaban J connectivity index is 1.79. The minimum Gasteiger partial charge on any atom is -0.352 e. The van der Waals surface area contributed by atoms with Gasteiger partial charge in [-0.05, 0) is 25.0 Å². The van der Waals surface area contributed by atoms with Gasteiger partial charge in [0.25, 0.3) is 0 Å². The summed E-state index contributed by atoms with van der Waals surface area (Å²) in [7, 11) is 0. The van der Waals surface area contributed by atoms with Crippen LogP contribution in [0.5, 0.6) is 0 Å². The zero-order chi connectivity index (χ0) is 14.4. The van der Waals surface area contributed by atoms with Crippen LogP contribution in [0.25, 0.3) is 16.6 Å². The van der Waals surface area contributed by atoms with Gasteiger partial charge in [-0.2, -0.15) is 0 Å². The average molecular weight is 283 g/mol. The van der Waals surface area contributed by atoms with Crippen molar-refractivity contribution in [3.05, 3.63) is 41.1 Å². The van der Waals surface area contributed by atoms with Crippen LogP contribution in [0.1, 0.15) is 12.8 Å². The number of nitrogens with zero attached hydrogens (tertiary/aromatic N) is 4. The summed E-state index contributed by atoms with van der Waals surface area (Å²) in [5.41, 5.74) is 0.934. The maximum atomic E-state index is 12.3. The van der Waals surface area contributed by atoms with Crippen LogP contribution < -0.4 is 11.0 Å². The van der Waals surface area contributed by atoms with E-state index in [1.165, 1.54) is 15.4 Å². The number of aromatic nitrogens is 4. The van der Waals surface area contributed by atoms with Crippen molar-refractivity contribution >= 4 is 22.5 Å². The summed E-state index contributed by atoms with van der Waals surface area (Å²) in [4.78, 5) is 28.3. The molecule has 1 aliphatic rings. The molecule has 0 unspecified atom stereocenters. The largest absolute Gasteiger partial charge is 0.352 e. The number of rotatable bonds is 3. The lowest BCUT2D eigenvalue weighted by atomic mass is 10.2. The van der Waals surface area contributed by atoms with Crippen molar-refractivity contribution in [3.8, 4) is 0 Å². The summed E-state index contributed by atoms with van der Waals surface area (Å²) in [5, 5.41) is 7.91. The first-order valence-electron chi connectivity index (χ1n) is 6.84. The molecule has 0 radical (unpaired) electrons. The zero-order valence-electron chi connectivity index (χ0n) is 11.2. The molecular formula is C14H13N5O2. The lowest BCUT2D eigenvalue weighted by Gasteiger charge is -2.01. The molecule has 1 saturated carbocycles. The SMILES string of the molecule is O=C(Cn1nc2c3ccccc3ncn2c1=O)NC1CC1. The van der Waals surface area contributed by atoms with Crippen LogP contribution in [0, 0.1) is 0 Å². The second kappa shape index (κ2) is 4.41. The zero-order valence-corrected chi connectivity index (χ0v) is 11.2. The Morgan fingerprint density at radius 2 is 2.14 bits per heavy atom. The predicted molar refractivity (Wildman–Crippen MR) is 75.9 cm³/mol. The number of fused-ring (bicyclic) bond motifs is 3. The van der Waals surface area contributed by atoms with E-state index in [0.717, 1.165) is 23.7 Å². The number of nitrogens with one attached hydrogen (secondary N) is 1. The van der Waals surface area contributed by atoms with Crippen LogP contribution in [0.2, 0.25) is 0 Å². The second-order valence-electron chi connectivity index (χ2n) is 5.24. The second-order valence-corrected chi connectivity index (χ2v) is 5.24. The molecule has 0 saturated heterocycles. The molecule has 0 atom stereocenters. The van der Waals surface area contributed by atoms with Crippen LogP contribution >= 0.6 is 0 Å². The molecule has 106 valence electrons. The van der Waals surface area contributed by atoms with Gasteiger partial charge < -0.3 is 5.32 Å². The molecule has 1 aliphatic carbocycles. The molecule has 1 fully saturated rings. The molecule has 3 aromatic rings. The van der Waals surface area contributed by atoms with E-state index in [1.807, 2.05) is 24.3 Å². The molecule has 0 bridgehead atoms. The molecule has 4 rings (SSSR count). The summed E-state index contributed by atoms with van der Waals surface area (Å²) in [5.74, 6) is -0.180. The van der Waals surface area contributed by atoms with Crippen LogP contribution in [0.3, 0.4) is 0 Å². The molecule has 0 aliphatic heterocycles. The van der Waals surface area contributed by atoms with Gasteiger partial charge in [0.1, 0.15) is 12.9 Å². The Kier molecular flexibility index (Phi) is 2.53. The van der Waals surface area contributed by atoms with Gasteiger partial charge in [-0.15, -0.1) is 5.10 Å². The van der Waals surface area contributed by atoms with Crippen LogP contribution in [-0.2, 0) is 11.3 Å². The van der Waals surface area contributed by atoms with E-state index in [4.69, 9.17) is 0 Å². The Morgan fingerprint density at radius 1 is 1.33 bits per heavy atom. The smallest absolute Gasteiger partial charge is 0.352 e. The van der Waals surface area contributed by atoms with Crippen LogP contribution in [0.4, 0.5) is 0 Å². The van der Waals surface area contributed by atoms with Crippen molar-refractivity contribution in [1.82, 2.24) is 24.5 Å². The molecule has 7 nitrogen and oxygen atoms in total. The predicted octanol–water partition coefficient (Wildman–Crippen LogP) is 0.323. The number of amides is 1. The Hall–Kier alpha value is -2.70. The summed E-state index contributed by atoms with van der Waals surface area (Å²) in [6.07, 6.45) is 3.48. The normalized spacial score (nSPS) is 14.7. The molecular weight excluding hydrogens is 270 g/mol. The highest BCUT2D eigenvalue weighted by molar-refractivity contribution is 5.90. The Labute approximate surface area is 119 Å². The molecule has 0 spiro atoms.